The molecule has 4 rings (SSSR count). The van der Waals surface area contributed by atoms with Crippen LogP contribution >= 0.6 is 11.6 Å². The molecule has 0 unspecified atom stereocenters. The Bertz CT molecular complexity index is 1380. The molecule has 0 aromatic heterocycles. The largest absolute Gasteiger partial charge is 0.354 e. The molecule has 2 N–H and O–H groups in total. The van der Waals surface area contributed by atoms with Gasteiger partial charge in [0, 0.05) is 39.2 Å². The van der Waals surface area contributed by atoms with Gasteiger partial charge in [0.15, 0.2) is 5.78 Å². The molecule has 0 radical (unpaired) electrons. The van der Waals surface area contributed by atoms with Crippen molar-refractivity contribution in [3.05, 3.63) is 101 Å². The van der Waals surface area contributed by atoms with Crippen molar-refractivity contribution < 1.29 is 24.0 Å². The summed E-state index contributed by atoms with van der Waals surface area (Å²) in [5.41, 5.74) is 2.01. The molecule has 1 aliphatic carbocycles. The maximum absolute atomic E-state index is 12.9. The average Bonchev–Trinajstić information content (AvgIpc) is 2.84. The van der Waals surface area contributed by atoms with Gasteiger partial charge in [-0.15, -0.1) is 0 Å². The summed E-state index contributed by atoms with van der Waals surface area (Å²) >= 11 is 5.81. The van der Waals surface area contributed by atoms with Crippen molar-refractivity contribution in [3.63, 3.8) is 0 Å². The maximum atomic E-state index is 12.9. The van der Waals surface area contributed by atoms with E-state index < -0.39 is 35.5 Å². The third-order valence-electron chi connectivity index (χ3n) is 5.13. The van der Waals surface area contributed by atoms with Crippen LogP contribution in [0.1, 0.15) is 32.7 Å². The summed E-state index contributed by atoms with van der Waals surface area (Å²) in [4.78, 5) is 61.8. The minimum atomic E-state index is -0.922. The third-order valence-corrected chi connectivity index (χ3v) is 5.39. The van der Waals surface area contributed by atoms with Crippen molar-refractivity contribution in [1.82, 2.24) is 0 Å². The van der Waals surface area contributed by atoms with E-state index in [4.69, 9.17) is 11.6 Å². The van der Waals surface area contributed by atoms with E-state index in [1.807, 2.05) is 0 Å². The maximum Gasteiger partial charge on any atom is 0.292 e. The summed E-state index contributed by atoms with van der Waals surface area (Å²) in [7, 11) is 0. The van der Waals surface area contributed by atoms with Gasteiger partial charge in [0.05, 0.1) is 12.1 Å². The fourth-order valence-electron chi connectivity index (χ4n) is 3.46. The van der Waals surface area contributed by atoms with Crippen LogP contribution in [0.5, 0.6) is 0 Å². The highest BCUT2D eigenvalue weighted by Gasteiger charge is 2.26. The molecular formula is C26H17ClN2O5. The number of nitrogens with one attached hydrogen (secondary N) is 2. The molecule has 0 bridgehead atoms. The first-order valence-electron chi connectivity index (χ1n) is 10.2. The predicted octanol–water partition coefficient (Wildman–Crippen LogP) is 4.34. The van der Waals surface area contributed by atoms with E-state index in [1.165, 1.54) is 24.3 Å². The van der Waals surface area contributed by atoms with Gasteiger partial charge in [0.1, 0.15) is 0 Å². The molecule has 1 amide bonds. The molecule has 0 heterocycles. The van der Waals surface area contributed by atoms with Crippen molar-refractivity contribution in [1.29, 1.82) is 0 Å². The summed E-state index contributed by atoms with van der Waals surface area (Å²) in [6, 6.07) is 19.2. The number of halogens is 1. The number of carbonyl (C=O) groups is 5. The number of Topliss-reactive ketones (excluding diaryl/α,β-unsaturated/α-hetero) is 3. The van der Waals surface area contributed by atoms with Gasteiger partial charge < -0.3 is 10.6 Å². The molecule has 0 fully saturated rings. The molecular weight excluding hydrogens is 456 g/mol. The standard InChI is InChI=1S/C26H17ClN2O5/c27-15-9-11-16(12-10-15)28-26(34)24(32)14-22(30)19-7-3-4-8-20(19)29-21-13-23(31)25(33)18-6-2-1-5-17(18)21/h1-13,29H,14H2,(H,28,34). The quantitative estimate of drug-likeness (QED) is 0.301. The molecule has 0 aliphatic heterocycles. The number of ketones is 4. The fourth-order valence-corrected chi connectivity index (χ4v) is 3.59. The fraction of sp³-hybridized carbons (Fsp3) is 0.0385. The third kappa shape index (κ3) is 4.84. The second kappa shape index (κ2) is 9.64. The second-order valence-electron chi connectivity index (χ2n) is 7.45. The Morgan fingerprint density at radius 1 is 0.794 bits per heavy atom. The first-order chi connectivity index (χ1) is 16.3. The Labute approximate surface area is 199 Å². The van der Waals surface area contributed by atoms with Crippen molar-refractivity contribution in [2.45, 2.75) is 6.42 Å². The lowest BCUT2D eigenvalue weighted by Gasteiger charge is -2.19. The Morgan fingerprint density at radius 3 is 2.18 bits per heavy atom. The van der Waals surface area contributed by atoms with Crippen molar-refractivity contribution in [3.8, 4) is 0 Å². The number of benzene rings is 3. The molecule has 1 aliphatic rings. The second-order valence-corrected chi connectivity index (χ2v) is 7.89. The smallest absolute Gasteiger partial charge is 0.292 e. The lowest BCUT2D eigenvalue weighted by molar-refractivity contribution is -0.134. The zero-order chi connectivity index (χ0) is 24.2. The van der Waals surface area contributed by atoms with Gasteiger partial charge in [0.25, 0.3) is 5.91 Å². The van der Waals surface area contributed by atoms with Crippen LogP contribution in [0, 0.1) is 0 Å². The molecule has 168 valence electrons. The van der Waals surface area contributed by atoms with Crippen molar-refractivity contribution in [2.75, 3.05) is 10.6 Å². The lowest BCUT2D eigenvalue weighted by Crippen LogP contribution is -2.25. The number of carbonyl (C=O) groups excluding carboxylic acids is 5. The number of anilines is 2. The molecule has 0 saturated carbocycles. The van der Waals surface area contributed by atoms with Crippen LogP contribution in [0.3, 0.4) is 0 Å². The molecule has 0 atom stereocenters. The summed E-state index contributed by atoms with van der Waals surface area (Å²) in [6.45, 7) is 0. The van der Waals surface area contributed by atoms with E-state index in [2.05, 4.69) is 10.6 Å². The molecule has 3 aromatic rings. The van der Waals surface area contributed by atoms with Crippen LogP contribution in [0.2, 0.25) is 5.02 Å². The van der Waals surface area contributed by atoms with E-state index in [0.717, 1.165) is 0 Å². The molecule has 34 heavy (non-hydrogen) atoms. The van der Waals surface area contributed by atoms with E-state index >= 15 is 0 Å². The van der Waals surface area contributed by atoms with Gasteiger partial charge in [-0.2, -0.15) is 0 Å². The van der Waals surface area contributed by atoms with Crippen LogP contribution in [-0.2, 0) is 14.4 Å². The van der Waals surface area contributed by atoms with Gasteiger partial charge in [-0.1, -0.05) is 48.0 Å². The van der Waals surface area contributed by atoms with E-state index in [0.29, 0.717) is 27.7 Å². The van der Waals surface area contributed by atoms with E-state index in [9.17, 15) is 24.0 Å². The van der Waals surface area contributed by atoms with Gasteiger partial charge in [0.2, 0.25) is 17.3 Å². The topological polar surface area (TPSA) is 109 Å². The summed E-state index contributed by atoms with van der Waals surface area (Å²) in [5.74, 6) is -3.69. The monoisotopic (exact) mass is 472 g/mol. The number of fused-ring (bicyclic) bond motifs is 1. The normalized spacial score (nSPS) is 12.4. The zero-order valence-electron chi connectivity index (χ0n) is 17.6. The molecule has 3 aromatic carbocycles. The average molecular weight is 473 g/mol. The zero-order valence-corrected chi connectivity index (χ0v) is 18.4. The lowest BCUT2D eigenvalue weighted by atomic mass is 9.92. The first kappa shape index (κ1) is 22.8. The summed E-state index contributed by atoms with van der Waals surface area (Å²) < 4.78 is 0. The Kier molecular flexibility index (Phi) is 6.47. The van der Waals surface area contributed by atoms with Crippen molar-refractivity contribution >= 4 is 57.7 Å². The summed E-state index contributed by atoms with van der Waals surface area (Å²) in [6.07, 6.45) is 0.530. The molecule has 8 heteroatoms. The van der Waals surface area contributed by atoms with Crippen LogP contribution in [0.4, 0.5) is 11.4 Å². The number of amides is 1. The highest BCUT2D eigenvalue weighted by Crippen LogP contribution is 2.28. The molecule has 0 saturated heterocycles. The first-order valence-corrected chi connectivity index (χ1v) is 10.6. The number of hydrogen-bond acceptors (Lipinski definition) is 6. The van der Waals surface area contributed by atoms with Crippen molar-refractivity contribution in [2.24, 2.45) is 0 Å². The minimum Gasteiger partial charge on any atom is -0.354 e. The number of hydrogen-bond donors (Lipinski definition) is 2. The van der Waals surface area contributed by atoms with Gasteiger partial charge in [-0.3, -0.25) is 24.0 Å². The SMILES string of the molecule is O=C1C=C(Nc2ccccc2C(=O)CC(=O)C(=O)Nc2ccc(Cl)cc2)c2ccccc2C1=O. The Hall–Kier alpha value is -4.36. The predicted molar refractivity (Wildman–Crippen MR) is 128 cm³/mol. The Morgan fingerprint density at radius 2 is 1.44 bits per heavy atom. The van der Waals surface area contributed by atoms with Crippen LogP contribution in [0.15, 0.2) is 78.9 Å². The number of allylic oxidation sites excluding steroid dienone is 1. The number of para-hydroxylation sites is 1. The highest BCUT2D eigenvalue weighted by atomic mass is 35.5. The van der Waals surface area contributed by atoms with Gasteiger partial charge >= 0.3 is 0 Å². The molecule has 7 nitrogen and oxygen atoms in total. The van der Waals surface area contributed by atoms with E-state index in [1.54, 1.807) is 54.6 Å². The Balaban J connectivity index is 1.51. The van der Waals surface area contributed by atoms with Crippen LogP contribution in [-0.4, -0.2) is 29.0 Å². The van der Waals surface area contributed by atoms with E-state index in [-0.39, 0.29) is 11.1 Å². The van der Waals surface area contributed by atoms with Crippen LogP contribution in [0.25, 0.3) is 5.70 Å². The molecule has 0 spiro atoms. The number of rotatable bonds is 7. The minimum absolute atomic E-state index is 0.165. The highest BCUT2D eigenvalue weighted by molar-refractivity contribution is 6.50. The van der Waals surface area contributed by atoms with Crippen LogP contribution < -0.4 is 10.6 Å². The summed E-state index contributed by atoms with van der Waals surface area (Å²) in [5, 5.41) is 5.94. The van der Waals surface area contributed by atoms with Gasteiger partial charge in [-0.25, -0.2) is 0 Å². The van der Waals surface area contributed by atoms with Gasteiger partial charge in [-0.05, 0) is 36.4 Å².